The molecule has 2 rings (SSSR count). The number of hydrogen-bond acceptors (Lipinski definition) is 0. The standard InChI is InChI=1S/C13H15BrCl2/c14-11-4-2-1-3-10(11)7-9-5-6-12(15)13(16)8-9/h5-6,8,10-11H,1-4,7H2. The first-order valence-corrected chi connectivity index (χ1v) is 7.42. The minimum absolute atomic E-state index is 0.643. The quantitative estimate of drug-likeness (QED) is 0.632. The minimum atomic E-state index is 0.643. The van der Waals surface area contributed by atoms with Gasteiger partial charge in [0, 0.05) is 4.83 Å². The van der Waals surface area contributed by atoms with Gasteiger partial charge >= 0.3 is 0 Å². The van der Waals surface area contributed by atoms with Crippen LogP contribution in [-0.4, -0.2) is 4.83 Å². The lowest BCUT2D eigenvalue weighted by Crippen LogP contribution is -2.21. The third-order valence-electron chi connectivity index (χ3n) is 3.30. The van der Waals surface area contributed by atoms with Gasteiger partial charge in [-0.15, -0.1) is 0 Å². The largest absolute Gasteiger partial charge is 0.0888 e. The predicted octanol–water partition coefficient (Wildman–Crippen LogP) is 5.49. The summed E-state index contributed by atoms with van der Waals surface area (Å²) >= 11 is 15.7. The number of benzene rings is 1. The van der Waals surface area contributed by atoms with E-state index in [-0.39, 0.29) is 0 Å². The maximum atomic E-state index is 6.02. The van der Waals surface area contributed by atoms with Gasteiger partial charge in [-0.3, -0.25) is 0 Å². The molecule has 0 amide bonds. The first-order valence-electron chi connectivity index (χ1n) is 5.75. The molecule has 1 aromatic rings. The summed E-state index contributed by atoms with van der Waals surface area (Å²) < 4.78 is 0. The van der Waals surface area contributed by atoms with E-state index in [1.54, 1.807) is 0 Å². The molecule has 1 aliphatic rings. The molecule has 0 radical (unpaired) electrons. The van der Waals surface area contributed by atoms with Crippen LogP contribution in [0.3, 0.4) is 0 Å². The molecule has 3 heteroatoms. The Labute approximate surface area is 115 Å². The minimum Gasteiger partial charge on any atom is -0.0888 e. The predicted molar refractivity (Wildman–Crippen MR) is 74.8 cm³/mol. The van der Waals surface area contributed by atoms with Gasteiger partial charge in [-0.25, -0.2) is 0 Å². The highest BCUT2D eigenvalue weighted by Gasteiger charge is 2.22. The van der Waals surface area contributed by atoms with Gasteiger partial charge in [0.05, 0.1) is 10.0 Å². The van der Waals surface area contributed by atoms with E-state index in [1.807, 2.05) is 12.1 Å². The third kappa shape index (κ3) is 3.15. The number of rotatable bonds is 2. The van der Waals surface area contributed by atoms with Crippen LogP contribution in [0.4, 0.5) is 0 Å². The Balaban J connectivity index is 2.05. The summed E-state index contributed by atoms with van der Waals surface area (Å²) in [5.41, 5.74) is 1.30. The highest BCUT2D eigenvalue weighted by atomic mass is 79.9. The van der Waals surface area contributed by atoms with Crippen LogP contribution in [0.2, 0.25) is 10.0 Å². The summed E-state index contributed by atoms with van der Waals surface area (Å²) in [6.07, 6.45) is 6.43. The molecule has 1 aromatic carbocycles. The van der Waals surface area contributed by atoms with Crippen molar-refractivity contribution in [2.24, 2.45) is 5.92 Å². The maximum Gasteiger partial charge on any atom is 0.0595 e. The van der Waals surface area contributed by atoms with Gasteiger partial charge in [0.15, 0.2) is 0 Å². The number of halogens is 3. The van der Waals surface area contributed by atoms with Crippen LogP contribution in [0.15, 0.2) is 18.2 Å². The van der Waals surface area contributed by atoms with E-state index < -0.39 is 0 Å². The van der Waals surface area contributed by atoms with Gasteiger partial charge < -0.3 is 0 Å². The average Bonchev–Trinajstić information content (AvgIpc) is 2.27. The zero-order chi connectivity index (χ0) is 11.5. The van der Waals surface area contributed by atoms with Crippen LogP contribution < -0.4 is 0 Å². The maximum absolute atomic E-state index is 6.02. The SMILES string of the molecule is Clc1ccc(CC2CCCCC2Br)cc1Cl. The highest BCUT2D eigenvalue weighted by molar-refractivity contribution is 9.09. The van der Waals surface area contributed by atoms with Gasteiger partial charge in [-0.2, -0.15) is 0 Å². The molecule has 2 unspecified atom stereocenters. The molecule has 1 aliphatic carbocycles. The van der Waals surface area contributed by atoms with Crippen molar-refractivity contribution in [1.82, 2.24) is 0 Å². The van der Waals surface area contributed by atoms with Gasteiger partial charge in [0.1, 0.15) is 0 Å². The van der Waals surface area contributed by atoms with Crippen molar-refractivity contribution in [2.75, 3.05) is 0 Å². The average molecular weight is 322 g/mol. The van der Waals surface area contributed by atoms with E-state index >= 15 is 0 Å². The molecule has 0 N–H and O–H groups in total. The Hall–Kier alpha value is 0.280. The second-order valence-electron chi connectivity index (χ2n) is 4.51. The molecule has 0 aliphatic heterocycles. The van der Waals surface area contributed by atoms with Crippen LogP contribution in [0.5, 0.6) is 0 Å². The molecule has 0 bridgehead atoms. The van der Waals surface area contributed by atoms with Crippen molar-refractivity contribution in [3.63, 3.8) is 0 Å². The van der Waals surface area contributed by atoms with E-state index in [1.165, 1.54) is 31.2 Å². The van der Waals surface area contributed by atoms with E-state index in [4.69, 9.17) is 23.2 Å². The Morgan fingerprint density at radius 3 is 2.56 bits per heavy atom. The summed E-state index contributed by atoms with van der Waals surface area (Å²) in [4.78, 5) is 0.663. The van der Waals surface area contributed by atoms with E-state index in [9.17, 15) is 0 Å². The summed E-state index contributed by atoms with van der Waals surface area (Å²) in [5.74, 6) is 0.742. The summed E-state index contributed by atoms with van der Waals surface area (Å²) in [6, 6.07) is 5.98. The summed E-state index contributed by atoms with van der Waals surface area (Å²) in [6.45, 7) is 0. The lowest BCUT2D eigenvalue weighted by molar-refractivity contribution is 0.373. The van der Waals surface area contributed by atoms with Crippen LogP contribution in [0.25, 0.3) is 0 Å². The highest BCUT2D eigenvalue weighted by Crippen LogP contribution is 2.33. The fraction of sp³-hybridized carbons (Fsp3) is 0.538. The molecular weight excluding hydrogens is 307 g/mol. The first kappa shape index (κ1) is 12.7. The lowest BCUT2D eigenvalue weighted by Gasteiger charge is -2.27. The second-order valence-corrected chi connectivity index (χ2v) is 6.50. The third-order valence-corrected chi connectivity index (χ3v) is 5.24. The summed E-state index contributed by atoms with van der Waals surface area (Å²) in [5, 5.41) is 1.31. The molecule has 0 saturated heterocycles. The topological polar surface area (TPSA) is 0 Å². The van der Waals surface area contributed by atoms with Gasteiger partial charge in [0.25, 0.3) is 0 Å². The van der Waals surface area contributed by atoms with Crippen molar-refractivity contribution in [1.29, 1.82) is 0 Å². The molecule has 0 heterocycles. The molecular formula is C13H15BrCl2. The molecule has 0 spiro atoms. The smallest absolute Gasteiger partial charge is 0.0595 e. The normalized spacial score (nSPS) is 25.7. The zero-order valence-electron chi connectivity index (χ0n) is 9.06. The van der Waals surface area contributed by atoms with Crippen LogP contribution in [0, 0.1) is 5.92 Å². The summed E-state index contributed by atoms with van der Waals surface area (Å²) in [7, 11) is 0. The number of hydrogen-bond donors (Lipinski definition) is 0. The fourth-order valence-corrected chi connectivity index (χ4v) is 3.46. The Morgan fingerprint density at radius 2 is 1.88 bits per heavy atom. The van der Waals surface area contributed by atoms with Gasteiger partial charge in [-0.05, 0) is 42.9 Å². The van der Waals surface area contributed by atoms with Crippen LogP contribution in [-0.2, 0) is 6.42 Å². The molecule has 1 fully saturated rings. The molecule has 1 saturated carbocycles. The van der Waals surface area contributed by atoms with Crippen LogP contribution >= 0.6 is 39.1 Å². The Morgan fingerprint density at radius 1 is 1.12 bits per heavy atom. The molecule has 2 atom stereocenters. The van der Waals surface area contributed by atoms with E-state index in [2.05, 4.69) is 22.0 Å². The van der Waals surface area contributed by atoms with Crippen molar-refractivity contribution >= 4 is 39.1 Å². The lowest BCUT2D eigenvalue weighted by atomic mass is 9.85. The van der Waals surface area contributed by atoms with E-state index in [0.29, 0.717) is 14.9 Å². The molecule has 16 heavy (non-hydrogen) atoms. The van der Waals surface area contributed by atoms with Gasteiger partial charge in [0.2, 0.25) is 0 Å². The Kier molecular flexibility index (Phi) is 4.57. The van der Waals surface area contributed by atoms with Crippen molar-refractivity contribution in [2.45, 2.75) is 36.9 Å². The van der Waals surface area contributed by atoms with E-state index in [0.717, 1.165) is 12.3 Å². The van der Waals surface area contributed by atoms with Crippen molar-refractivity contribution < 1.29 is 0 Å². The second kappa shape index (κ2) is 5.75. The monoisotopic (exact) mass is 320 g/mol. The fourth-order valence-electron chi connectivity index (χ4n) is 2.36. The number of alkyl halides is 1. The van der Waals surface area contributed by atoms with Crippen molar-refractivity contribution in [3.8, 4) is 0 Å². The van der Waals surface area contributed by atoms with Crippen LogP contribution in [0.1, 0.15) is 31.2 Å². The van der Waals surface area contributed by atoms with Crippen molar-refractivity contribution in [3.05, 3.63) is 33.8 Å². The molecule has 0 aromatic heterocycles. The Bertz CT molecular complexity index is 365. The molecule has 0 nitrogen and oxygen atoms in total. The molecule has 88 valence electrons. The van der Waals surface area contributed by atoms with Gasteiger partial charge in [-0.1, -0.05) is 58.0 Å². The first-order chi connectivity index (χ1) is 7.66. The zero-order valence-corrected chi connectivity index (χ0v) is 12.2.